The number of nitrogens with zero attached hydrogens (tertiary/aromatic N) is 1. The van der Waals surface area contributed by atoms with E-state index in [-0.39, 0.29) is 112 Å². The van der Waals surface area contributed by atoms with E-state index in [9.17, 15) is 44.7 Å². The second-order valence-electron chi connectivity index (χ2n) is 13.8. The van der Waals surface area contributed by atoms with E-state index in [1.807, 2.05) is 0 Å². The average molecular weight is 1100 g/mol. The van der Waals surface area contributed by atoms with E-state index >= 15 is 0 Å². The maximum absolute atomic E-state index is 14.3. The molecular formula is C32H42Ac2N2O12. The van der Waals surface area contributed by atoms with Crippen LogP contribution in [0.25, 0.3) is 0 Å². The SMILES string of the molecule is CC(=O)N[C@@H](c1cccnc1)[C@@H](O)C(=O)OC1C[C@@]2(O)[C@@H](OC(C)=O)[C@@H]3[C@]4(O)CO[C@@H]4C[C@H](O)[C@@]3(C)C(=O)[C@H](O)C(=C1C)C2(C)C.[Ac].[Ac]. The monoisotopic (exact) mass is 1100 g/mol. The number of Topliss-reactive ketones (excluding diaryl/α,β-unsaturated/α-hetero) is 1. The van der Waals surface area contributed by atoms with Gasteiger partial charge >= 0.3 is 11.9 Å². The first-order valence-electron chi connectivity index (χ1n) is 15.2. The normalized spacial score (nSPS) is 37.7. The largest absolute Gasteiger partial charge is 0.459 e. The number of pyridine rings is 1. The Morgan fingerprint density at radius 3 is 2.27 bits per heavy atom. The first kappa shape index (κ1) is 42.0. The van der Waals surface area contributed by atoms with Crippen molar-refractivity contribution in [3.05, 3.63) is 41.2 Å². The summed E-state index contributed by atoms with van der Waals surface area (Å²) in [6.45, 7) is 7.99. The predicted octanol–water partition coefficient (Wildman–Crippen LogP) is -0.599. The summed E-state index contributed by atoms with van der Waals surface area (Å²) in [6, 6.07) is 1.85. The van der Waals surface area contributed by atoms with Crippen molar-refractivity contribution in [2.24, 2.45) is 16.7 Å². The van der Waals surface area contributed by atoms with Gasteiger partial charge in [0.1, 0.15) is 29.5 Å². The Labute approximate surface area is 349 Å². The van der Waals surface area contributed by atoms with Crippen LogP contribution in [0.15, 0.2) is 35.7 Å². The van der Waals surface area contributed by atoms with Crippen molar-refractivity contribution < 1.29 is 147 Å². The van der Waals surface area contributed by atoms with Crippen LogP contribution in [0.4, 0.5) is 0 Å². The molecule has 14 nitrogen and oxygen atoms in total. The Balaban J connectivity index is 0.00000312. The number of rotatable bonds is 6. The zero-order valence-electron chi connectivity index (χ0n) is 27.7. The minimum Gasteiger partial charge on any atom is -0.459 e. The third-order valence-electron chi connectivity index (χ3n) is 10.9. The zero-order valence-corrected chi connectivity index (χ0v) is 37.2. The van der Waals surface area contributed by atoms with Crippen LogP contribution in [-0.4, -0.2) is 109 Å². The van der Waals surface area contributed by atoms with Crippen molar-refractivity contribution in [1.29, 1.82) is 0 Å². The summed E-state index contributed by atoms with van der Waals surface area (Å²) in [7, 11) is 0. The standard InChI is InChI=1S/C32H42N2O12.2Ac/c1-14-18(46-28(41)24(39)22(34-15(2)35)17-8-7-9-33-12-17)11-32(43)27(45-16(3)36)25-30(6,19(37)10-20-31(25,42)13-44-20)26(40)23(38)21(14)29(32,4)5;;/h7-9,12,18-20,22-25,27,37-39,42-43H,10-11,13H2,1-6H3,(H,34,35);;/t18?,19-,20+,22-,23+,24+,25-,27-,30+,31-,32+;;/m0../s1. The number of amides is 1. The van der Waals surface area contributed by atoms with Gasteiger partial charge in [0, 0.05) is 139 Å². The Kier molecular flexibility index (Phi) is 13.1. The summed E-state index contributed by atoms with van der Waals surface area (Å²) in [5.74, 6) is -4.92. The van der Waals surface area contributed by atoms with Gasteiger partial charge in [0.15, 0.2) is 11.9 Å². The summed E-state index contributed by atoms with van der Waals surface area (Å²) < 4.78 is 17.1. The van der Waals surface area contributed by atoms with Crippen LogP contribution in [0.1, 0.15) is 66.0 Å². The minimum absolute atomic E-state index is 0. The molecule has 258 valence electrons. The first-order chi connectivity index (χ1) is 21.3. The molecular weight excluding hydrogens is 1060 g/mol. The summed E-state index contributed by atoms with van der Waals surface area (Å²) >= 11 is 0. The number of ketones is 1. The van der Waals surface area contributed by atoms with Gasteiger partial charge in [-0.25, -0.2) is 4.79 Å². The molecule has 11 atom stereocenters. The van der Waals surface area contributed by atoms with Gasteiger partial charge in [-0.3, -0.25) is 19.4 Å². The van der Waals surface area contributed by atoms with E-state index in [2.05, 4.69) is 10.3 Å². The number of hydrogen-bond acceptors (Lipinski definition) is 13. The van der Waals surface area contributed by atoms with Crippen molar-refractivity contribution >= 4 is 23.6 Å². The number of fused-ring (bicyclic) bond motifs is 5. The molecule has 1 aromatic rings. The van der Waals surface area contributed by atoms with Crippen LogP contribution < -0.4 is 5.32 Å². The average Bonchev–Trinajstić information content (AvgIpc) is 2.98. The number of aliphatic hydroxyl groups is 5. The molecule has 48 heavy (non-hydrogen) atoms. The van der Waals surface area contributed by atoms with Gasteiger partial charge in [-0.1, -0.05) is 19.9 Å². The van der Waals surface area contributed by atoms with Crippen molar-refractivity contribution in [2.75, 3.05) is 6.61 Å². The molecule has 1 aliphatic heterocycles. The fourth-order valence-corrected chi connectivity index (χ4v) is 8.27. The van der Waals surface area contributed by atoms with Crippen molar-refractivity contribution in [3.8, 4) is 0 Å². The molecule has 5 rings (SSSR count). The maximum atomic E-state index is 14.3. The van der Waals surface area contributed by atoms with E-state index in [0.29, 0.717) is 5.56 Å². The topological polar surface area (TPSA) is 222 Å². The number of ether oxygens (including phenoxy) is 3. The fraction of sp³-hybridized carbons (Fsp3) is 0.656. The van der Waals surface area contributed by atoms with Crippen molar-refractivity contribution in [2.45, 2.75) is 108 Å². The van der Waals surface area contributed by atoms with Gasteiger partial charge in [0.25, 0.3) is 0 Å². The Bertz CT molecular complexity index is 1480. The molecule has 0 aromatic carbocycles. The number of esters is 2. The molecule has 2 heterocycles. The van der Waals surface area contributed by atoms with Crippen LogP contribution in [0.2, 0.25) is 0 Å². The maximum Gasteiger partial charge on any atom is 0.338 e. The quantitative estimate of drug-likeness (QED) is 0.155. The third kappa shape index (κ3) is 6.56. The number of nitrogens with one attached hydrogen (secondary N) is 1. The second kappa shape index (κ2) is 14.9. The first-order valence-corrected chi connectivity index (χ1v) is 15.2. The Morgan fingerprint density at radius 2 is 1.75 bits per heavy atom. The summed E-state index contributed by atoms with van der Waals surface area (Å²) in [4.78, 5) is 56.4. The second-order valence-corrected chi connectivity index (χ2v) is 13.8. The van der Waals surface area contributed by atoms with Crippen LogP contribution >= 0.6 is 0 Å². The smallest absolute Gasteiger partial charge is 0.338 e. The number of aromatic nitrogens is 1. The molecule has 4 aliphatic rings. The molecule has 0 spiro atoms. The van der Waals surface area contributed by atoms with Gasteiger partial charge in [-0.15, -0.1) is 0 Å². The van der Waals surface area contributed by atoms with Gasteiger partial charge in [-0.2, -0.15) is 0 Å². The number of hydrogen-bond donors (Lipinski definition) is 6. The van der Waals surface area contributed by atoms with Crippen LogP contribution in [-0.2, 0) is 33.4 Å². The van der Waals surface area contributed by atoms with E-state index < -0.39 is 101 Å². The molecule has 1 aromatic heterocycles. The van der Waals surface area contributed by atoms with Crippen LogP contribution in [0.5, 0.6) is 0 Å². The van der Waals surface area contributed by atoms with Crippen molar-refractivity contribution in [1.82, 2.24) is 10.3 Å². The van der Waals surface area contributed by atoms with Crippen LogP contribution in [0.3, 0.4) is 0 Å². The van der Waals surface area contributed by atoms with E-state index in [4.69, 9.17) is 14.2 Å². The van der Waals surface area contributed by atoms with Crippen molar-refractivity contribution in [3.63, 3.8) is 0 Å². The molecule has 16 heteroatoms. The molecule has 3 aliphatic carbocycles. The Morgan fingerprint density at radius 1 is 1.10 bits per heavy atom. The molecule has 2 saturated carbocycles. The van der Waals surface area contributed by atoms with Gasteiger partial charge < -0.3 is 45.1 Å². The molecule has 2 radical (unpaired) electrons. The molecule has 6 N–H and O–H groups in total. The van der Waals surface area contributed by atoms with E-state index in [0.717, 1.165) is 6.92 Å². The predicted molar refractivity (Wildman–Crippen MR) is 156 cm³/mol. The zero-order chi connectivity index (χ0) is 34.1. The summed E-state index contributed by atoms with van der Waals surface area (Å²) in [5, 5.41) is 61.4. The number of carbonyl (C=O) groups is 4. The molecule has 2 bridgehead atoms. The minimum atomic E-state index is -2.22. The summed E-state index contributed by atoms with van der Waals surface area (Å²) in [5.41, 5.74) is -6.99. The molecule has 3 fully saturated rings. The van der Waals surface area contributed by atoms with Gasteiger partial charge in [0.05, 0.1) is 30.3 Å². The number of carbonyl (C=O) groups excluding carboxylic acids is 4. The van der Waals surface area contributed by atoms with E-state index in [1.54, 1.807) is 26.0 Å². The number of aliphatic hydroxyl groups excluding tert-OH is 3. The molecule has 1 amide bonds. The van der Waals surface area contributed by atoms with Gasteiger partial charge in [-0.05, 0) is 36.6 Å². The summed E-state index contributed by atoms with van der Waals surface area (Å²) in [6.07, 6.45) is -7.06. The van der Waals surface area contributed by atoms with Crippen LogP contribution in [0, 0.1) is 105 Å². The van der Waals surface area contributed by atoms with Gasteiger partial charge in [0.2, 0.25) is 5.91 Å². The third-order valence-corrected chi connectivity index (χ3v) is 10.9. The molecule has 1 unspecified atom stereocenters. The Hall–Kier alpha value is -0.387. The molecule has 1 saturated heterocycles. The fourth-order valence-electron chi connectivity index (χ4n) is 8.27. The van der Waals surface area contributed by atoms with E-state index in [1.165, 1.54) is 33.2 Å².